The number of benzene rings is 1. The number of nitrogens with one attached hydrogen (secondary N) is 1. The molecule has 0 heterocycles. The van der Waals surface area contributed by atoms with Gasteiger partial charge in [-0.05, 0) is 69.7 Å². The van der Waals surface area contributed by atoms with E-state index in [1.54, 1.807) is 6.92 Å². The quantitative estimate of drug-likeness (QED) is 0.878. The molecule has 1 amide bonds. The third-order valence-corrected chi connectivity index (χ3v) is 4.09. The molecule has 104 valence electrons. The van der Waals surface area contributed by atoms with Crippen LogP contribution < -0.4 is 5.32 Å². The Hall–Kier alpha value is -1.35. The zero-order valence-corrected chi connectivity index (χ0v) is 12.0. The molecular formula is C16H23NO2. The van der Waals surface area contributed by atoms with Crippen molar-refractivity contribution < 1.29 is 9.90 Å². The molecule has 1 unspecified atom stereocenters. The summed E-state index contributed by atoms with van der Waals surface area (Å²) in [6.07, 6.45) is 4.05. The Morgan fingerprint density at radius 3 is 2.53 bits per heavy atom. The minimum Gasteiger partial charge on any atom is -0.391 e. The van der Waals surface area contributed by atoms with Gasteiger partial charge in [-0.15, -0.1) is 0 Å². The van der Waals surface area contributed by atoms with E-state index in [9.17, 15) is 9.90 Å². The molecule has 0 aliphatic heterocycles. The Morgan fingerprint density at radius 2 is 1.89 bits per heavy atom. The van der Waals surface area contributed by atoms with Crippen molar-refractivity contribution in [1.82, 2.24) is 5.32 Å². The van der Waals surface area contributed by atoms with Crippen LogP contribution in [0.1, 0.15) is 55.1 Å². The molecule has 0 saturated carbocycles. The number of hydrogen-bond acceptors (Lipinski definition) is 2. The molecule has 2 N–H and O–H groups in total. The van der Waals surface area contributed by atoms with Crippen LogP contribution in [-0.4, -0.2) is 22.7 Å². The third kappa shape index (κ3) is 3.16. The number of hydrogen-bond donors (Lipinski definition) is 2. The van der Waals surface area contributed by atoms with Crippen LogP contribution in [0.25, 0.3) is 0 Å². The highest BCUT2D eigenvalue weighted by Gasteiger charge is 2.26. The molecular weight excluding hydrogens is 238 g/mol. The molecule has 19 heavy (non-hydrogen) atoms. The van der Waals surface area contributed by atoms with Gasteiger partial charge in [0.1, 0.15) is 0 Å². The van der Waals surface area contributed by atoms with E-state index in [0.29, 0.717) is 5.56 Å². The summed E-state index contributed by atoms with van der Waals surface area (Å²) in [6.45, 7) is 5.34. The van der Waals surface area contributed by atoms with Crippen LogP contribution in [0.15, 0.2) is 18.2 Å². The zero-order chi connectivity index (χ0) is 14.0. The van der Waals surface area contributed by atoms with Gasteiger partial charge in [-0.1, -0.05) is 6.07 Å². The predicted octanol–water partition coefficient (Wildman–Crippen LogP) is 2.45. The second-order valence-corrected chi connectivity index (χ2v) is 6.04. The minimum atomic E-state index is -0.618. The molecule has 1 aliphatic rings. The monoisotopic (exact) mass is 261 g/mol. The van der Waals surface area contributed by atoms with Crippen molar-refractivity contribution in [3.05, 3.63) is 34.9 Å². The lowest BCUT2D eigenvalue weighted by atomic mass is 9.90. The van der Waals surface area contributed by atoms with E-state index in [4.69, 9.17) is 0 Å². The zero-order valence-electron chi connectivity index (χ0n) is 12.0. The fourth-order valence-corrected chi connectivity index (χ4v) is 2.34. The topological polar surface area (TPSA) is 49.3 Å². The highest BCUT2D eigenvalue weighted by Crippen LogP contribution is 2.22. The number of aliphatic hydroxyl groups is 1. The summed E-state index contributed by atoms with van der Waals surface area (Å²) in [7, 11) is 0. The number of carbonyl (C=O) groups is 1. The van der Waals surface area contributed by atoms with Gasteiger partial charge in [-0.2, -0.15) is 0 Å². The van der Waals surface area contributed by atoms with Gasteiger partial charge in [0.2, 0.25) is 0 Å². The van der Waals surface area contributed by atoms with Gasteiger partial charge in [0, 0.05) is 5.56 Å². The van der Waals surface area contributed by atoms with E-state index in [0.717, 1.165) is 12.8 Å². The van der Waals surface area contributed by atoms with Crippen molar-refractivity contribution in [1.29, 1.82) is 0 Å². The van der Waals surface area contributed by atoms with Crippen molar-refractivity contribution in [2.75, 3.05) is 0 Å². The van der Waals surface area contributed by atoms with Gasteiger partial charge in [-0.25, -0.2) is 0 Å². The molecule has 0 radical (unpaired) electrons. The lowest BCUT2D eigenvalue weighted by molar-refractivity contribution is 0.0709. The molecule has 0 bridgehead atoms. The van der Waals surface area contributed by atoms with E-state index in [-0.39, 0.29) is 5.91 Å². The van der Waals surface area contributed by atoms with Crippen LogP contribution in [0, 0.1) is 0 Å². The molecule has 0 fully saturated rings. The van der Waals surface area contributed by atoms with E-state index >= 15 is 0 Å². The van der Waals surface area contributed by atoms with E-state index in [1.165, 1.54) is 24.0 Å². The molecule has 0 saturated heterocycles. The molecule has 1 atom stereocenters. The first-order valence-electron chi connectivity index (χ1n) is 7.02. The SMILES string of the molecule is CC(O)C(C)(C)NC(=O)c1ccc2c(c1)CCCC2. The van der Waals surface area contributed by atoms with Crippen molar-refractivity contribution in [2.45, 2.75) is 58.1 Å². The maximum absolute atomic E-state index is 12.2. The number of fused-ring (bicyclic) bond motifs is 1. The van der Waals surface area contributed by atoms with Gasteiger partial charge in [0.25, 0.3) is 5.91 Å². The molecule has 2 rings (SSSR count). The summed E-state index contributed by atoms with van der Waals surface area (Å²) in [5.41, 5.74) is 2.74. The van der Waals surface area contributed by atoms with Crippen molar-refractivity contribution in [3.8, 4) is 0 Å². The van der Waals surface area contributed by atoms with Crippen LogP contribution in [0.5, 0.6) is 0 Å². The molecule has 0 aromatic heterocycles. The number of aryl methyl sites for hydroxylation is 2. The fourth-order valence-electron chi connectivity index (χ4n) is 2.34. The average molecular weight is 261 g/mol. The summed E-state index contributed by atoms with van der Waals surface area (Å²) >= 11 is 0. The molecule has 1 aliphatic carbocycles. The predicted molar refractivity (Wildman–Crippen MR) is 76.3 cm³/mol. The smallest absolute Gasteiger partial charge is 0.251 e. The fraction of sp³-hybridized carbons (Fsp3) is 0.562. The first kappa shape index (κ1) is 14.1. The van der Waals surface area contributed by atoms with Crippen molar-refractivity contribution >= 4 is 5.91 Å². The summed E-state index contributed by atoms with van der Waals surface area (Å²) in [6, 6.07) is 5.96. The second-order valence-electron chi connectivity index (χ2n) is 6.04. The van der Waals surface area contributed by atoms with E-state index < -0.39 is 11.6 Å². The van der Waals surface area contributed by atoms with Crippen LogP contribution >= 0.6 is 0 Å². The first-order chi connectivity index (χ1) is 8.90. The van der Waals surface area contributed by atoms with Gasteiger partial charge in [0.15, 0.2) is 0 Å². The Morgan fingerprint density at radius 1 is 1.26 bits per heavy atom. The van der Waals surface area contributed by atoms with Crippen LogP contribution in [0.3, 0.4) is 0 Å². The third-order valence-electron chi connectivity index (χ3n) is 4.09. The molecule has 1 aromatic carbocycles. The van der Waals surface area contributed by atoms with E-state index in [1.807, 2.05) is 26.0 Å². The van der Waals surface area contributed by atoms with Gasteiger partial charge < -0.3 is 10.4 Å². The molecule has 0 spiro atoms. The molecule has 3 nitrogen and oxygen atoms in total. The lowest BCUT2D eigenvalue weighted by Crippen LogP contribution is -2.51. The molecule has 3 heteroatoms. The van der Waals surface area contributed by atoms with Crippen molar-refractivity contribution in [2.24, 2.45) is 0 Å². The first-order valence-corrected chi connectivity index (χ1v) is 7.02. The van der Waals surface area contributed by atoms with Crippen molar-refractivity contribution in [3.63, 3.8) is 0 Å². The Labute approximate surface area is 115 Å². The standard InChI is InChI=1S/C16H23NO2/c1-11(18)16(2,3)17-15(19)14-9-8-12-6-4-5-7-13(12)10-14/h8-11,18H,4-7H2,1-3H3,(H,17,19). The second kappa shape index (κ2) is 5.33. The normalized spacial score (nSPS) is 16.6. The summed E-state index contributed by atoms with van der Waals surface area (Å²) in [4.78, 5) is 12.2. The Kier molecular flexibility index (Phi) is 3.95. The maximum Gasteiger partial charge on any atom is 0.251 e. The van der Waals surface area contributed by atoms with Gasteiger partial charge >= 0.3 is 0 Å². The Balaban J connectivity index is 2.16. The number of rotatable bonds is 3. The number of aliphatic hydroxyl groups excluding tert-OH is 1. The average Bonchev–Trinajstić information content (AvgIpc) is 2.37. The van der Waals surface area contributed by atoms with E-state index in [2.05, 4.69) is 11.4 Å². The summed E-state index contributed by atoms with van der Waals surface area (Å²) in [5, 5.41) is 12.5. The molecule has 1 aromatic rings. The maximum atomic E-state index is 12.2. The summed E-state index contributed by atoms with van der Waals surface area (Å²) < 4.78 is 0. The minimum absolute atomic E-state index is 0.112. The highest BCUT2D eigenvalue weighted by atomic mass is 16.3. The largest absolute Gasteiger partial charge is 0.391 e. The number of carbonyl (C=O) groups excluding carboxylic acids is 1. The Bertz CT molecular complexity index is 478. The van der Waals surface area contributed by atoms with Gasteiger partial charge in [0.05, 0.1) is 11.6 Å². The van der Waals surface area contributed by atoms with Crippen LogP contribution in [0.4, 0.5) is 0 Å². The lowest BCUT2D eigenvalue weighted by Gasteiger charge is -2.29. The van der Waals surface area contributed by atoms with Gasteiger partial charge in [-0.3, -0.25) is 4.79 Å². The highest BCUT2D eigenvalue weighted by molar-refractivity contribution is 5.95. The number of amides is 1. The van der Waals surface area contributed by atoms with Crippen LogP contribution in [-0.2, 0) is 12.8 Å². The van der Waals surface area contributed by atoms with Crippen LogP contribution in [0.2, 0.25) is 0 Å². The summed E-state index contributed by atoms with van der Waals surface area (Å²) in [5.74, 6) is -0.112.